The minimum atomic E-state index is 1.04. The molecule has 0 N–H and O–H groups in total. The van der Waals surface area contributed by atoms with Gasteiger partial charge in [0.1, 0.15) is 0 Å². The van der Waals surface area contributed by atoms with Crippen LogP contribution in [0.1, 0.15) is 77.9 Å². The van der Waals surface area contributed by atoms with Crippen LogP contribution in [0.5, 0.6) is 0 Å². The Labute approximate surface area is 571 Å². The van der Waals surface area contributed by atoms with Gasteiger partial charge in [0.05, 0.1) is 0 Å². The molecular weight excluding hydrogens is 1170 g/mol. The Morgan fingerprint density at radius 3 is 0.876 bits per heavy atom. The van der Waals surface area contributed by atoms with Crippen molar-refractivity contribution in [1.82, 2.24) is 0 Å². The molecule has 0 saturated heterocycles. The SMILES string of the molecule is C1=Cc2ccc3ccccc3c2C1.C1=Cc2ccccc2Cc2ccccc21.c1ccc2c(c1)CCc1ccccc1-2.c1ccc2c(c1)Cc1ccccc1-2.c1ccc2c(c1)Cc1ccccc1C2.c1ccc2c(c1)ccc1ccccc12.c1ccc2cc3ccccc3cc2c1. The van der Waals surface area contributed by atoms with E-state index in [-0.39, 0.29) is 0 Å². The van der Waals surface area contributed by atoms with E-state index in [1.54, 1.807) is 0 Å². The number of benzene rings is 16. The summed E-state index contributed by atoms with van der Waals surface area (Å²) in [7, 11) is 0. The minimum absolute atomic E-state index is 1.04. The number of allylic oxidation sites excluding steroid dienone is 1. The zero-order valence-corrected chi connectivity index (χ0v) is 54.7. The summed E-state index contributed by atoms with van der Waals surface area (Å²) in [6, 6.07) is 125. The van der Waals surface area contributed by atoms with E-state index in [9.17, 15) is 0 Å². The lowest BCUT2D eigenvalue weighted by Crippen LogP contribution is -2.06. The van der Waals surface area contributed by atoms with Crippen LogP contribution in [0.15, 0.2) is 358 Å². The van der Waals surface area contributed by atoms with E-state index in [0.29, 0.717) is 0 Å². The highest BCUT2D eigenvalue weighted by molar-refractivity contribution is 6.07. The second-order valence-electron chi connectivity index (χ2n) is 25.6. The third-order valence-electron chi connectivity index (χ3n) is 19.6. The van der Waals surface area contributed by atoms with E-state index in [4.69, 9.17) is 0 Å². The summed E-state index contributed by atoms with van der Waals surface area (Å²) < 4.78 is 0. The Balaban J connectivity index is 0.0000000927. The number of hydrogen-bond acceptors (Lipinski definition) is 0. The van der Waals surface area contributed by atoms with Crippen LogP contribution >= 0.6 is 0 Å². The number of aryl methyl sites for hydroxylation is 2. The lowest BCUT2D eigenvalue weighted by Gasteiger charge is -2.19. The van der Waals surface area contributed by atoms with Gasteiger partial charge in [-0.1, -0.05) is 364 Å². The normalized spacial score (nSPS) is 12.4. The monoisotopic (exact) mass is 1240 g/mol. The van der Waals surface area contributed by atoms with Crippen molar-refractivity contribution in [1.29, 1.82) is 0 Å². The third-order valence-corrected chi connectivity index (χ3v) is 19.6. The third kappa shape index (κ3) is 14.1. The molecule has 0 atom stereocenters. The Hall–Kier alpha value is -11.7. The Bertz CT molecular complexity index is 5120. The van der Waals surface area contributed by atoms with Gasteiger partial charge in [-0.3, -0.25) is 0 Å². The summed E-state index contributed by atoms with van der Waals surface area (Å²) in [5.74, 6) is 0. The summed E-state index contributed by atoms with van der Waals surface area (Å²) in [4.78, 5) is 0. The maximum absolute atomic E-state index is 2.24. The highest BCUT2D eigenvalue weighted by Gasteiger charge is 2.18. The molecule has 5 aliphatic rings. The van der Waals surface area contributed by atoms with E-state index in [1.807, 2.05) is 0 Å². The van der Waals surface area contributed by atoms with Crippen LogP contribution in [-0.2, 0) is 44.9 Å². The van der Waals surface area contributed by atoms with Crippen LogP contribution in [0, 0.1) is 0 Å². The molecule has 0 aromatic heterocycles. The molecule has 0 heterocycles. The van der Waals surface area contributed by atoms with Gasteiger partial charge in [-0.15, -0.1) is 0 Å². The number of hydrogen-bond donors (Lipinski definition) is 0. The van der Waals surface area contributed by atoms with E-state index in [2.05, 4.69) is 376 Å². The average molecular weight is 1240 g/mol. The van der Waals surface area contributed by atoms with Gasteiger partial charge < -0.3 is 0 Å². The lowest BCUT2D eigenvalue weighted by atomic mass is 9.86. The van der Waals surface area contributed by atoms with E-state index in [0.717, 1.165) is 32.1 Å². The molecule has 0 spiro atoms. The molecule has 0 saturated carbocycles. The average Bonchev–Trinajstić information content (AvgIpc) is 1.84. The summed E-state index contributed by atoms with van der Waals surface area (Å²) in [6.07, 6.45) is 16.7. The van der Waals surface area contributed by atoms with Gasteiger partial charge in [-0.05, 0) is 211 Å². The zero-order chi connectivity index (χ0) is 65.0. The Morgan fingerprint density at radius 2 is 0.454 bits per heavy atom. The van der Waals surface area contributed by atoms with Crippen LogP contribution < -0.4 is 0 Å². The molecule has 464 valence electrons. The molecule has 16 aromatic rings. The predicted octanol–water partition coefficient (Wildman–Crippen LogP) is 25.0. The second kappa shape index (κ2) is 29.3. The van der Waals surface area contributed by atoms with Crippen LogP contribution in [0.3, 0.4) is 0 Å². The molecule has 97 heavy (non-hydrogen) atoms. The summed E-state index contributed by atoms with van der Waals surface area (Å²) in [6.45, 7) is 0. The first-order chi connectivity index (χ1) is 48.1. The van der Waals surface area contributed by atoms with Gasteiger partial charge in [0.2, 0.25) is 0 Å². The van der Waals surface area contributed by atoms with E-state index < -0.39 is 0 Å². The Morgan fingerprint density at radius 1 is 0.175 bits per heavy atom. The lowest BCUT2D eigenvalue weighted by molar-refractivity contribution is 0.942. The highest BCUT2D eigenvalue weighted by atomic mass is 14.2. The maximum atomic E-state index is 2.24. The highest BCUT2D eigenvalue weighted by Crippen LogP contribution is 2.37. The van der Waals surface area contributed by atoms with E-state index >= 15 is 0 Å². The van der Waals surface area contributed by atoms with Crippen LogP contribution in [0.4, 0.5) is 0 Å². The quantitative estimate of drug-likeness (QED) is 0.105. The standard InChI is InChI=1S/C15H12.C14H12.C14H10.C14H12.C14H10.2C13H10/c1-3-7-14-11-15-8-4-2-6-13(15)10-9-12(14)5-1;2*1-3-7-13-11(5-1)9-10-12-6-2-4-8-14(12)13;2*1-2-6-12-10-14-8-4-3-7-13(14)9-11(12)5-1;1-3-7-12-10(5-1)9-11-6-2-4-8-13(11)12;1-2-6-12-10(4-1)8-9-11-5-3-7-13(11)12/h1-10H,11H2;1-8H,9-10H2;1-10H;1-8H,9-10H2;1-10H;1-8H,9H2;1-6,8-9H,7H2. The molecule has 0 amide bonds. The van der Waals surface area contributed by atoms with Crippen molar-refractivity contribution < 1.29 is 0 Å². The fourth-order valence-corrected chi connectivity index (χ4v) is 14.5. The van der Waals surface area contributed by atoms with Crippen molar-refractivity contribution in [3.8, 4) is 22.3 Å². The molecule has 5 aliphatic carbocycles. The van der Waals surface area contributed by atoms with Gasteiger partial charge in [0.25, 0.3) is 0 Å². The van der Waals surface area contributed by atoms with Crippen molar-refractivity contribution in [2.45, 2.75) is 44.9 Å². The molecule has 21 rings (SSSR count). The summed E-state index contributed by atoms with van der Waals surface area (Å²) in [5.41, 5.74) is 25.9. The topological polar surface area (TPSA) is 0 Å². The predicted molar refractivity (Wildman–Crippen MR) is 417 cm³/mol. The Kier molecular flexibility index (Phi) is 18.6. The van der Waals surface area contributed by atoms with Crippen LogP contribution in [-0.4, -0.2) is 0 Å². The minimum Gasteiger partial charge on any atom is -0.0795 e. The molecule has 16 aromatic carbocycles. The van der Waals surface area contributed by atoms with Crippen LogP contribution in [0.25, 0.3) is 94.3 Å². The molecule has 0 radical (unpaired) electrons. The first-order valence-corrected chi connectivity index (χ1v) is 34.3. The molecule has 0 heteroatoms. The van der Waals surface area contributed by atoms with Gasteiger partial charge >= 0.3 is 0 Å². The fourth-order valence-electron chi connectivity index (χ4n) is 14.5. The number of fused-ring (bicyclic) bond motifs is 18. The first-order valence-electron chi connectivity index (χ1n) is 34.3. The molecular formula is C97H76. The smallest absolute Gasteiger partial charge is 0.00135 e. The van der Waals surface area contributed by atoms with Crippen molar-refractivity contribution in [3.63, 3.8) is 0 Å². The van der Waals surface area contributed by atoms with Crippen molar-refractivity contribution in [3.05, 3.63) is 436 Å². The molecule has 0 nitrogen and oxygen atoms in total. The van der Waals surface area contributed by atoms with Gasteiger partial charge in [-0.2, -0.15) is 0 Å². The second-order valence-corrected chi connectivity index (χ2v) is 25.6. The van der Waals surface area contributed by atoms with E-state index in [1.165, 1.54) is 167 Å². The van der Waals surface area contributed by atoms with Crippen molar-refractivity contribution >= 4 is 72.1 Å². The molecule has 0 fully saturated rings. The number of rotatable bonds is 0. The van der Waals surface area contributed by atoms with Gasteiger partial charge in [-0.25, -0.2) is 0 Å². The molecule has 0 aliphatic heterocycles. The largest absolute Gasteiger partial charge is 0.0795 e. The maximum Gasteiger partial charge on any atom is -0.00135 e. The summed E-state index contributed by atoms with van der Waals surface area (Å²) in [5, 5.41) is 13.3. The van der Waals surface area contributed by atoms with Crippen LogP contribution in [0.2, 0.25) is 0 Å². The first kappa shape index (κ1) is 61.5. The molecule has 0 bridgehead atoms. The van der Waals surface area contributed by atoms with Crippen molar-refractivity contribution in [2.75, 3.05) is 0 Å². The van der Waals surface area contributed by atoms with Gasteiger partial charge in [0.15, 0.2) is 0 Å². The van der Waals surface area contributed by atoms with Crippen molar-refractivity contribution in [2.24, 2.45) is 0 Å². The fraction of sp³-hybridized carbons (Fsp3) is 0.0722. The summed E-state index contributed by atoms with van der Waals surface area (Å²) >= 11 is 0. The zero-order valence-electron chi connectivity index (χ0n) is 54.7. The van der Waals surface area contributed by atoms with Gasteiger partial charge in [0, 0.05) is 0 Å². The molecule has 0 unspecified atom stereocenters.